The predicted octanol–water partition coefficient (Wildman–Crippen LogP) is 3.93. The molecule has 2 N–H and O–H groups in total. The molecule has 2 aromatic rings. The second-order valence-electron chi connectivity index (χ2n) is 6.26. The highest BCUT2D eigenvalue weighted by molar-refractivity contribution is 5.93. The van der Waals surface area contributed by atoms with Gasteiger partial charge in [0.15, 0.2) is 0 Å². The van der Waals surface area contributed by atoms with Gasteiger partial charge in [0.25, 0.3) is 0 Å². The van der Waals surface area contributed by atoms with Gasteiger partial charge in [0.05, 0.1) is 0 Å². The Balaban J connectivity index is 1.69. The molecule has 2 amide bonds. The summed E-state index contributed by atoms with van der Waals surface area (Å²) < 4.78 is 5.18. The molecule has 0 unspecified atom stereocenters. The van der Waals surface area contributed by atoms with E-state index in [2.05, 4.69) is 17.6 Å². The fourth-order valence-corrected chi connectivity index (χ4v) is 2.49. The van der Waals surface area contributed by atoms with Crippen molar-refractivity contribution in [2.45, 2.75) is 33.1 Å². The molecule has 0 aliphatic heterocycles. The van der Waals surface area contributed by atoms with Crippen molar-refractivity contribution >= 4 is 23.2 Å². The zero-order valence-corrected chi connectivity index (χ0v) is 15.4. The Morgan fingerprint density at radius 1 is 0.923 bits per heavy atom. The van der Waals surface area contributed by atoms with Crippen molar-refractivity contribution in [1.82, 2.24) is 0 Å². The summed E-state index contributed by atoms with van der Waals surface area (Å²) >= 11 is 0. The number of unbranched alkanes of at least 4 members (excludes halogenated alkanes) is 1. The molecule has 0 saturated heterocycles. The van der Waals surface area contributed by atoms with Gasteiger partial charge in [0, 0.05) is 11.4 Å². The molecule has 0 aliphatic rings. The minimum atomic E-state index is -0.288. The topological polar surface area (TPSA) is 67.4 Å². The molecule has 0 saturated carbocycles. The van der Waals surface area contributed by atoms with E-state index >= 15 is 0 Å². The molecular formula is C21H26N2O3. The lowest BCUT2D eigenvalue weighted by Crippen LogP contribution is -2.24. The van der Waals surface area contributed by atoms with Gasteiger partial charge < -0.3 is 15.4 Å². The first kappa shape index (κ1) is 19.7. The quantitative estimate of drug-likeness (QED) is 0.717. The fourth-order valence-electron chi connectivity index (χ4n) is 2.49. The van der Waals surface area contributed by atoms with Crippen LogP contribution in [0.4, 0.5) is 11.4 Å². The maximum atomic E-state index is 11.9. The molecule has 0 fully saturated rings. The molecule has 2 rings (SSSR count). The first-order valence-corrected chi connectivity index (χ1v) is 8.90. The van der Waals surface area contributed by atoms with Crippen LogP contribution in [-0.2, 0) is 20.7 Å². The van der Waals surface area contributed by atoms with Gasteiger partial charge in [-0.15, -0.1) is 0 Å². The third kappa shape index (κ3) is 7.07. The number of carbonyl (C=O) groups is 2. The van der Waals surface area contributed by atoms with E-state index < -0.39 is 0 Å². The number of benzene rings is 2. The van der Waals surface area contributed by atoms with Gasteiger partial charge in [-0.1, -0.05) is 37.6 Å². The van der Waals surface area contributed by atoms with Gasteiger partial charge in [0.1, 0.15) is 13.2 Å². The number of anilines is 2. The number of amides is 2. The molecule has 0 radical (unpaired) electrons. The van der Waals surface area contributed by atoms with Crippen molar-refractivity contribution in [3.8, 4) is 0 Å². The van der Waals surface area contributed by atoms with Gasteiger partial charge in [-0.3, -0.25) is 9.59 Å². The Morgan fingerprint density at radius 3 is 2.19 bits per heavy atom. The minimum absolute atomic E-state index is 0.168. The standard InChI is InChI=1S/C21H26N2O3/c1-3-4-7-17-9-11-18(12-10-17)22-20(24)14-26-15-21(25)23-19-8-5-6-16(2)13-19/h5-6,8-13H,3-4,7,14-15H2,1-2H3,(H,22,24)(H,23,25). The van der Waals surface area contributed by atoms with Crippen LogP contribution in [0.3, 0.4) is 0 Å². The first-order chi connectivity index (χ1) is 12.6. The van der Waals surface area contributed by atoms with Gasteiger partial charge in [0.2, 0.25) is 11.8 Å². The number of ether oxygens (including phenoxy) is 1. The highest BCUT2D eigenvalue weighted by Crippen LogP contribution is 2.12. The van der Waals surface area contributed by atoms with Crippen LogP contribution in [0.5, 0.6) is 0 Å². The van der Waals surface area contributed by atoms with Gasteiger partial charge in [-0.2, -0.15) is 0 Å². The zero-order chi connectivity index (χ0) is 18.8. The summed E-state index contributed by atoms with van der Waals surface area (Å²) in [6.07, 6.45) is 3.36. The number of hydrogen-bond acceptors (Lipinski definition) is 3. The molecular weight excluding hydrogens is 328 g/mol. The summed E-state index contributed by atoms with van der Waals surface area (Å²) in [4.78, 5) is 23.7. The number of aryl methyl sites for hydroxylation is 2. The number of nitrogens with one attached hydrogen (secondary N) is 2. The van der Waals surface area contributed by atoms with E-state index in [1.165, 1.54) is 5.56 Å². The first-order valence-electron chi connectivity index (χ1n) is 8.90. The van der Waals surface area contributed by atoms with E-state index in [0.717, 1.165) is 30.5 Å². The van der Waals surface area contributed by atoms with E-state index in [4.69, 9.17) is 4.74 Å². The van der Waals surface area contributed by atoms with Gasteiger partial charge in [-0.05, 0) is 55.2 Å². The monoisotopic (exact) mass is 354 g/mol. The lowest BCUT2D eigenvalue weighted by Gasteiger charge is -2.08. The Kier molecular flexibility index (Phi) is 7.83. The zero-order valence-electron chi connectivity index (χ0n) is 15.4. The molecule has 138 valence electrons. The Bertz CT molecular complexity index is 726. The molecule has 0 aliphatic carbocycles. The lowest BCUT2D eigenvalue weighted by atomic mass is 10.1. The summed E-state index contributed by atoms with van der Waals surface area (Å²) in [5.41, 5.74) is 3.76. The van der Waals surface area contributed by atoms with Crippen LogP contribution in [0, 0.1) is 6.92 Å². The van der Waals surface area contributed by atoms with Crippen LogP contribution >= 0.6 is 0 Å². The van der Waals surface area contributed by atoms with Crippen molar-refractivity contribution in [2.24, 2.45) is 0 Å². The van der Waals surface area contributed by atoms with Crippen LogP contribution < -0.4 is 10.6 Å². The Hall–Kier alpha value is -2.66. The molecule has 5 heteroatoms. The number of hydrogen-bond donors (Lipinski definition) is 2. The average Bonchev–Trinajstić information content (AvgIpc) is 2.61. The maximum absolute atomic E-state index is 11.9. The third-order valence-electron chi connectivity index (χ3n) is 3.82. The van der Waals surface area contributed by atoms with Crippen LogP contribution in [0.1, 0.15) is 30.9 Å². The smallest absolute Gasteiger partial charge is 0.250 e. The third-order valence-corrected chi connectivity index (χ3v) is 3.82. The van der Waals surface area contributed by atoms with E-state index in [1.807, 2.05) is 55.5 Å². The SMILES string of the molecule is CCCCc1ccc(NC(=O)COCC(=O)Nc2cccc(C)c2)cc1. The van der Waals surface area contributed by atoms with E-state index in [1.54, 1.807) is 0 Å². The molecule has 0 atom stereocenters. The normalized spacial score (nSPS) is 10.4. The summed E-state index contributed by atoms with van der Waals surface area (Å²) in [5, 5.41) is 5.49. The summed E-state index contributed by atoms with van der Waals surface area (Å²) in [7, 11) is 0. The maximum Gasteiger partial charge on any atom is 0.250 e. The van der Waals surface area contributed by atoms with Crippen LogP contribution in [-0.4, -0.2) is 25.0 Å². The van der Waals surface area contributed by atoms with E-state index in [-0.39, 0.29) is 25.0 Å². The molecule has 0 aromatic heterocycles. The van der Waals surface area contributed by atoms with Crippen molar-refractivity contribution in [3.05, 3.63) is 59.7 Å². The van der Waals surface area contributed by atoms with E-state index in [9.17, 15) is 9.59 Å². The molecule has 26 heavy (non-hydrogen) atoms. The van der Waals surface area contributed by atoms with Crippen LogP contribution in [0.25, 0.3) is 0 Å². The van der Waals surface area contributed by atoms with Crippen LogP contribution in [0.2, 0.25) is 0 Å². The van der Waals surface area contributed by atoms with Crippen molar-refractivity contribution in [3.63, 3.8) is 0 Å². The Labute approximate surface area is 154 Å². The lowest BCUT2D eigenvalue weighted by molar-refractivity contribution is -0.125. The second-order valence-corrected chi connectivity index (χ2v) is 6.26. The van der Waals surface area contributed by atoms with Crippen LogP contribution in [0.15, 0.2) is 48.5 Å². The molecule has 0 heterocycles. The van der Waals surface area contributed by atoms with E-state index in [0.29, 0.717) is 5.69 Å². The molecule has 5 nitrogen and oxygen atoms in total. The van der Waals surface area contributed by atoms with Gasteiger partial charge in [-0.25, -0.2) is 0 Å². The molecule has 0 spiro atoms. The number of carbonyl (C=O) groups excluding carboxylic acids is 2. The number of rotatable bonds is 9. The summed E-state index contributed by atoms with van der Waals surface area (Å²) in [5.74, 6) is -0.571. The predicted molar refractivity (Wildman–Crippen MR) is 104 cm³/mol. The minimum Gasteiger partial charge on any atom is -0.362 e. The average molecular weight is 354 g/mol. The Morgan fingerprint density at radius 2 is 1.58 bits per heavy atom. The van der Waals surface area contributed by atoms with Crippen molar-refractivity contribution < 1.29 is 14.3 Å². The molecule has 0 bridgehead atoms. The van der Waals surface area contributed by atoms with Gasteiger partial charge >= 0.3 is 0 Å². The molecule has 2 aromatic carbocycles. The van der Waals surface area contributed by atoms with Crippen molar-refractivity contribution in [1.29, 1.82) is 0 Å². The second kappa shape index (κ2) is 10.4. The highest BCUT2D eigenvalue weighted by atomic mass is 16.5. The summed E-state index contributed by atoms with van der Waals surface area (Å²) in [6, 6.07) is 15.3. The van der Waals surface area contributed by atoms with Crippen molar-refractivity contribution in [2.75, 3.05) is 23.8 Å². The highest BCUT2D eigenvalue weighted by Gasteiger charge is 2.06. The fraction of sp³-hybridized carbons (Fsp3) is 0.333. The largest absolute Gasteiger partial charge is 0.362 e. The summed E-state index contributed by atoms with van der Waals surface area (Å²) in [6.45, 7) is 3.78.